The summed E-state index contributed by atoms with van der Waals surface area (Å²) in [5.74, 6) is -0.282. The Morgan fingerprint density at radius 3 is 2.25 bits per heavy atom. The molecule has 0 aliphatic carbocycles. The van der Waals surface area contributed by atoms with Crippen LogP contribution in [0.4, 0.5) is 11.4 Å². The molecule has 2 N–H and O–H groups in total. The number of rotatable bonds is 8. The summed E-state index contributed by atoms with van der Waals surface area (Å²) in [4.78, 5) is 12.6. The average Bonchev–Trinajstić information content (AvgIpc) is 2.61. The molecule has 2 aromatic rings. The van der Waals surface area contributed by atoms with Gasteiger partial charge in [0.05, 0.1) is 49.3 Å². The molecule has 1 atom stereocenters. The van der Waals surface area contributed by atoms with Gasteiger partial charge in [-0.15, -0.1) is 0 Å². The van der Waals surface area contributed by atoms with Crippen LogP contribution in [0.5, 0.6) is 0 Å². The van der Waals surface area contributed by atoms with Gasteiger partial charge < -0.3 is 39.1 Å². The Morgan fingerprint density at radius 2 is 1.64 bits per heavy atom. The highest BCUT2D eigenvalue weighted by atomic mass is 127. The van der Waals surface area contributed by atoms with E-state index in [1.807, 2.05) is 31.2 Å². The normalized spacial score (nSPS) is 12.1. The van der Waals surface area contributed by atoms with Crippen molar-refractivity contribution in [3.05, 3.63) is 58.1 Å². The Bertz CT molecular complexity index is 773. The Morgan fingerprint density at radius 1 is 1.04 bits per heavy atom. The number of quaternary nitrogens is 1. The smallest absolute Gasteiger partial charge is 0.227 e. The van der Waals surface area contributed by atoms with Crippen molar-refractivity contribution in [1.82, 2.24) is 5.32 Å². The fraction of sp³-hybridized carbons (Fsp3) is 0.381. The van der Waals surface area contributed by atoms with E-state index in [0.29, 0.717) is 22.3 Å². The summed E-state index contributed by atoms with van der Waals surface area (Å²) in [6.45, 7) is 3.59. The molecular weight excluding hydrogens is 508 g/mol. The number of anilines is 2. The van der Waals surface area contributed by atoms with Crippen LogP contribution in [0.1, 0.15) is 24.8 Å². The lowest BCUT2D eigenvalue weighted by molar-refractivity contribution is -0.870. The van der Waals surface area contributed by atoms with Crippen molar-refractivity contribution in [2.45, 2.75) is 19.3 Å². The van der Waals surface area contributed by atoms with Crippen LogP contribution in [0, 0.1) is 0 Å². The monoisotopic (exact) mass is 535 g/mol. The van der Waals surface area contributed by atoms with E-state index in [2.05, 4.69) is 31.8 Å². The molecule has 2 aromatic carbocycles. The number of halogens is 3. The van der Waals surface area contributed by atoms with Gasteiger partial charge in [0, 0.05) is 18.7 Å². The predicted molar refractivity (Wildman–Crippen MR) is 115 cm³/mol. The van der Waals surface area contributed by atoms with Crippen molar-refractivity contribution in [3.63, 3.8) is 0 Å². The minimum atomic E-state index is -0.293. The topological polar surface area (TPSA) is 41.1 Å². The van der Waals surface area contributed by atoms with Gasteiger partial charge in [-0.2, -0.15) is 0 Å². The van der Waals surface area contributed by atoms with E-state index < -0.39 is 0 Å². The van der Waals surface area contributed by atoms with Gasteiger partial charge in [-0.1, -0.05) is 47.5 Å². The highest BCUT2D eigenvalue weighted by molar-refractivity contribution is 6.39. The number of hydrogen-bond acceptors (Lipinski definition) is 2. The molecule has 0 saturated carbocycles. The van der Waals surface area contributed by atoms with E-state index in [-0.39, 0.29) is 35.8 Å². The van der Waals surface area contributed by atoms with E-state index >= 15 is 0 Å². The first-order valence-electron chi connectivity index (χ1n) is 9.07. The molecule has 0 bridgehead atoms. The molecule has 0 aliphatic rings. The minimum Gasteiger partial charge on any atom is -1.00 e. The number of hydrogen-bond donors (Lipinski definition) is 2. The van der Waals surface area contributed by atoms with E-state index in [4.69, 9.17) is 23.2 Å². The third kappa shape index (κ3) is 7.43. The Labute approximate surface area is 195 Å². The van der Waals surface area contributed by atoms with Gasteiger partial charge >= 0.3 is 0 Å². The van der Waals surface area contributed by atoms with Crippen molar-refractivity contribution >= 4 is 40.5 Å². The van der Waals surface area contributed by atoms with Crippen LogP contribution in [0.25, 0.3) is 0 Å². The lowest BCUT2D eigenvalue weighted by atomic mass is 9.98. The zero-order valence-corrected chi connectivity index (χ0v) is 20.4. The van der Waals surface area contributed by atoms with Gasteiger partial charge in [0.1, 0.15) is 0 Å². The fourth-order valence-electron chi connectivity index (χ4n) is 2.80. The van der Waals surface area contributed by atoms with Gasteiger partial charge in [0.25, 0.3) is 0 Å². The third-order valence-electron chi connectivity index (χ3n) is 4.35. The second-order valence-electron chi connectivity index (χ2n) is 7.69. The molecule has 1 amide bonds. The first-order chi connectivity index (χ1) is 12.7. The maximum Gasteiger partial charge on any atom is 0.227 e. The molecule has 0 aliphatic heterocycles. The third-order valence-corrected chi connectivity index (χ3v) is 4.98. The quantitative estimate of drug-likeness (QED) is 0.309. The van der Waals surface area contributed by atoms with Crippen LogP contribution in [0.3, 0.4) is 0 Å². The van der Waals surface area contributed by atoms with Crippen molar-refractivity contribution in [2.75, 3.05) is 39.5 Å². The molecule has 0 saturated heterocycles. The maximum absolute atomic E-state index is 12.6. The Hall–Kier alpha value is -1.02. The molecule has 0 aromatic heterocycles. The first kappa shape index (κ1) is 25.0. The van der Waals surface area contributed by atoms with Crippen LogP contribution in [0.2, 0.25) is 10.0 Å². The van der Waals surface area contributed by atoms with Gasteiger partial charge in [-0.25, -0.2) is 0 Å². The molecule has 4 nitrogen and oxygen atoms in total. The van der Waals surface area contributed by atoms with Crippen LogP contribution < -0.4 is 34.6 Å². The van der Waals surface area contributed by atoms with E-state index in [1.165, 1.54) is 0 Å². The first-order valence-corrected chi connectivity index (χ1v) is 9.83. The van der Waals surface area contributed by atoms with Crippen LogP contribution in [-0.2, 0) is 4.79 Å². The molecule has 0 spiro atoms. The standard InChI is InChI=1S/C21H27Cl2N3O.HI/c1-15(21(27)24-13-8-14-26(2,3)4)16-9-5-6-12-19(16)25-20-17(22)10-7-11-18(20)23;/h5-7,9-12,15,25H,8,13-14H2,1-4H3;1H. The van der Waals surface area contributed by atoms with Crippen molar-refractivity contribution in [2.24, 2.45) is 0 Å². The fourth-order valence-corrected chi connectivity index (χ4v) is 3.29. The highest BCUT2D eigenvalue weighted by Crippen LogP contribution is 2.35. The zero-order chi connectivity index (χ0) is 20.0. The van der Waals surface area contributed by atoms with E-state index in [1.54, 1.807) is 18.2 Å². The average molecular weight is 536 g/mol. The lowest BCUT2D eigenvalue weighted by Gasteiger charge is -2.24. The predicted octanol–water partition coefficient (Wildman–Crippen LogP) is 2.06. The molecule has 1 unspecified atom stereocenters. The molecule has 0 heterocycles. The molecule has 0 fully saturated rings. The number of carbonyl (C=O) groups excluding carboxylic acids is 1. The minimum absolute atomic E-state index is 0. The van der Waals surface area contributed by atoms with Gasteiger partial charge in [0.15, 0.2) is 0 Å². The molecule has 154 valence electrons. The summed E-state index contributed by atoms with van der Waals surface area (Å²) >= 11 is 12.5. The molecular formula is C21H28Cl2IN3O. The maximum atomic E-state index is 12.6. The summed E-state index contributed by atoms with van der Waals surface area (Å²) in [6.07, 6.45) is 0.942. The summed E-state index contributed by atoms with van der Waals surface area (Å²) in [5, 5.41) is 7.40. The van der Waals surface area contributed by atoms with Crippen molar-refractivity contribution in [1.29, 1.82) is 0 Å². The largest absolute Gasteiger partial charge is 1.00 e. The summed E-state index contributed by atoms with van der Waals surface area (Å²) in [7, 11) is 6.44. The SMILES string of the molecule is CC(C(=O)NCCC[N+](C)(C)C)c1ccccc1Nc1c(Cl)cccc1Cl.[I-]. The number of benzene rings is 2. The molecule has 2 rings (SSSR count). The summed E-state index contributed by atoms with van der Waals surface area (Å²) in [5.41, 5.74) is 2.36. The van der Waals surface area contributed by atoms with Gasteiger partial charge in [-0.05, 0) is 30.7 Å². The number of amides is 1. The van der Waals surface area contributed by atoms with Gasteiger partial charge in [0.2, 0.25) is 5.91 Å². The molecule has 7 heteroatoms. The van der Waals surface area contributed by atoms with E-state index in [0.717, 1.165) is 28.7 Å². The van der Waals surface area contributed by atoms with E-state index in [9.17, 15) is 4.79 Å². The van der Waals surface area contributed by atoms with Crippen molar-refractivity contribution in [3.8, 4) is 0 Å². The van der Waals surface area contributed by atoms with Crippen LogP contribution in [-0.4, -0.2) is 44.6 Å². The second kappa shape index (κ2) is 11.2. The second-order valence-corrected chi connectivity index (χ2v) is 8.50. The Balaban J connectivity index is 0.00000392. The molecule has 28 heavy (non-hydrogen) atoms. The number of nitrogens with zero attached hydrogens (tertiary/aromatic N) is 1. The Kier molecular flexibility index (Phi) is 10.0. The lowest BCUT2D eigenvalue weighted by Crippen LogP contribution is -3.00. The molecule has 0 radical (unpaired) electrons. The number of carbonyl (C=O) groups is 1. The van der Waals surface area contributed by atoms with Crippen LogP contribution >= 0.6 is 23.2 Å². The number of para-hydroxylation sites is 2. The van der Waals surface area contributed by atoms with Crippen LogP contribution in [0.15, 0.2) is 42.5 Å². The summed E-state index contributed by atoms with van der Waals surface area (Å²) in [6, 6.07) is 13.1. The van der Waals surface area contributed by atoms with Gasteiger partial charge in [-0.3, -0.25) is 4.79 Å². The summed E-state index contributed by atoms with van der Waals surface area (Å²) < 4.78 is 0.886. The van der Waals surface area contributed by atoms with Crippen molar-refractivity contribution < 1.29 is 33.3 Å². The highest BCUT2D eigenvalue weighted by Gasteiger charge is 2.19. The zero-order valence-electron chi connectivity index (χ0n) is 16.7. The number of nitrogens with one attached hydrogen (secondary N) is 2.